The van der Waals surface area contributed by atoms with Crippen LogP contribution in [0.5, 0.6) is 0 Å². The minimum absolute atomic E-state index is 1.04. The smallest absolute Gasteiger partial charge is 0.0656 e. The van der Waals surface area contributed by atoms with E-state index in [4.69, 9.17) is 0 Å². The highest BCUT2D eigenvalue weighted by Crippen LogP contribution is 2.30. The lowest BCUT2D eigenvalue weighted by atomic mass is 10.0. The van der Waals surface area contributed by atoms with Gasteiger partial charge in [0.2, 0.25) is 0 Å². The highest BCUT2D eigenvalue weighted by molar-refractivity contribution is 5.94. The van der Waals surface area contributed by atoms with Gasteiger partial charge < -0.3 is 10.2 Å². The Morgan fingerprint density at radius 3 is 2.95 bits per heavy atom. The first-order chi connectivity index (χ1) is 10.4. The number of benzene rings is 2. The van der Waals surface area contributed by atoms with Crippen LogP contribution in [0.15, 0.2) is 42.6 Å². The van der Waals surface area contributed by atoms with E-state index in [1.165, 1.54) is 16.8 Å². The number of nitrogens with one attached hydrogen (secondary N) is 2. The molecule has 0 spiro atoms. The van der Waals surface area contributed by atoms with Crippen LogP contribution in [0.2, 0.25) is 0 Å². The van der Waals surface area contributed by atoms with Gasteiger partial charge in [-0.05, 0) is 23.3 Å². The predicted molar refractivity (Wildman–Crippen MR) is 85.4 cm³/mol. The van der Waals surface area contributed by atoms with Crippen LogP contribution in [0, 0.1) is 6.07 Å². The average Bonchev–Trinajstić information content (AvgIpc) is 3.04. The summed E-state index contributed by atoms with van der Waals surface area (Å²) in [6, 6.07) is 16.0. The molecule has 1 aromatic heterocycles. The molecule has 105 valence electrons. The molecule has 0 bridgehead atoms. The summed E-state index contributed by atoms with van der Waals surface area (Å²) in [7, 11) is 0. The summed E-state index contributed by atoms with van der Waals surface area (Å²) >= 11 is 0. The van der Waals surface area contributed by atoms with Crippen molar-refractivity contribution in [1.82, 2.24) is 15.5 Å². The van der Waals surface area contributed by atoms with Gasteiger partial charge in [-0.2, -0.15) is 5.10 Å². The third kappa shape index (κ3) is 2.28. The number of nitrogens with zero attached hydrogens (tertiary/aromatic N) is 2. The Balaban J connectivity index is 1.76. The van der Waals surface area contributed by atoms with E-state index in [1.54, 1.807) is 0 Å². The third-order valence-electron chi connectivity index (χ3n) is 4.04. The van der Waals surface area contributed by atoms with E-state index in [1.807, 2.05) is 12.3 Å². The van der Waals surface area contributed by atoms with E-state index in [9.17, 15) is 0 Å². The molecule has 4 nitrogen and oxygen atoms in total. The standard InChI is InChI=1S/C17H17N4/c1-3-13(11-14(4-1)21-9-7-18-8-10-21)15-5-2-6-17-16(15)12-19-20-17/h1-3,5-6,11-12,18H,7-10H2,(H,19,20). The lowest BCUT2D eigenvalue weighted by molar-refractivity contribution is 0.589. The second-order valence-corrected chi connectivity index (χ2v) is 5.34. The van der Waals surface area contributed by atoms with E-state index in [0.717, 1.165) is 37.1 Å². The van der Waals surface area contributed by atoms with Gasteiger partial charge in [-0.1, -0.05) is 24.3 Å². The fraction of sp³-hybridized carbons (Fsp3) is 0.235. The van der Waals surface area contributed by atoms with Crippen LogP contribution in [0.25, 0.3) is 22.0 Å². The number of aromatic amines is 1. The maximum absolute atomic E-state index is 4.15. The Bertz CT molecular complexity index is 756. The summed E-state index contributed by atoms with van der Waals surface area (Å²) in [5, 5.41) is 11.7. The van der Waals surface area contributed by atoms with Crippen LogP contribution in [0.4, 0.5) is 5.69 Å². The molecule has 1 aliphatic rings. The minimum Gasteiger partial charge on any atom is -0.368 e. The predicted octanol–water partition coefficient (Wildman–Crippen LogP) is 2.44. The summed E-state index contributed by atoms with van der Waals surface area (Å²) in [5.41, 5.74) is 4.68. The first-order valence-corrected chi connectivity index (χ1v) is 7.32. The van der Waals surface area contributed by atoms with E-state index in [-0.39, 0.29) is 0 Å². The summed E-state index contributed by atoms with van der Waals surface area (Å²) < 4.78 is 0. The number of H-pyrrole nitrogens is 1. The van der Waals surface area contributed by atoms with Crippen molar-refractivity contribution in [2.24, 2.45) is 0 Å². The SMILES string of the molecule is [c]1ccc(-c2cccc3[nH]ncc23)cc1N1CCNCC1. The van der Waals surface area contributed by atoms with Crippen LogP contribution in [-0.2, 0) is 0 Å². The van der Waals surface area contributed by atoms with Crippen LogP contribution in [0.3, 0.4) is 0 Å². The Labute approximate surface area is 123 Å². The molecule has 2 N–H and O–H groups in total. The lowest BCUT2D eigenvalue weighted by Crippen LogP contribution is -2.43. The average molecular weight is 277 g/mol. The monoisotopic (exact) mass is 277 g/mol. The number of anilines is 1. The van der Waals surface area contributed by atoms with Gasteiger partial charge in [-0.25, -0.2) is 0 Å². The number of rotatable bonds is 2. The second kappa shape index (κ2) is 5.22. The summed E-state index contributed by atoms with van der Waals surface area (Å²) in [4.78, 5) is 2.38. The maximum atomic E-state index is 4.15. The maximum Gasteiger partial charge on any atom is 0.0656 e. The molecule has 0 aliphatic carbocycles. The van der Waals surface area contributed by atoms with Crippen molar-refractivity contribution in [2.75, 3.05) is 31.1 Å². The molecule has 21 heavy (non-hydrogen) atoms. The largest absolute Gasteiger partial charge is 0.368 e. The molecule has 2 aromatic carbocycles. The normalized spacial score (nSPS) is 15.5. The number of hydrogen-bond donors (Lipinski definition) is 2. The molecular weight excluding hydrogens is 260 g/mol. The van der Waals surface area contributed by atoms with E-state index in [2.05, 4.69) is 56.8 Å². The van der Waals surface area contributed by atoms with Crippen molar-refractivity contribution in [3.8, 4) is 11.1 Å². The Hall–Kier alpha value is -2.33. The van der Waals surface area contributed by atoms with Gasteiger partial charge >= 0.3 is 0 Å². The molecule has 2 heterocycles. The van der Waals surface area contributed by atoms with Crippen LogP contribution in [-0.4, -0.2) is 36.4 Å². The molecule has 1 aliphatic heterocycles. The van der Waals surface area contributed by atoms with Gasteiger partial charge in [0.1, 0.15) is 0 Å². The van der Waals surface area contributed by atoms with Crippen molar-refractivity contribution in [2.45, 2.75) is 0 Å². The molecule has 3 aromatic rings. The highest BCUT2D eigenvalue weighted by Gasteiger charge is 2.12. The minimum atomic E-state index is 1.04. The van der Waals surface area contributed by atoms with E-state index >= 15 is 0 Å². The molecule has 0 amide bonds. The lowest BCUT2D eigenvalue weighted by Gasteiger charge is -2.29. The van der Waals surface area contributed by atoms with E-state index in [0.29, 0.717) is 0 Å². The van der Waals surface area contributed by atoms with Crippen molar-refractivity contribution >= 4 is 16.6 Å². The Kier molecular flexibility index (Phi) is 3.09. The zero-order chi connectivity index (χ0) is 14.1. The van der Waals surface area contributed by atoms with Gasteiger partial charge in [-0.3, -0.25) is 5.10 Å². The molecule has 1 radical (unpaired) electrons. The Morgan fingerprint density at radius 1 is 1.14 bits per heavy atom. The fourth-order valence-corrected chi connectivity index (χ4v) is 2.93. The topological polar surface area (TPSA) is 44.0 Å². The van der Waals surface area contributed by atoms with Crippen molar-refractivity contribution in [3.05, 3.63) is 48.7 Å². The van der Waals surface area contributed by atoms with Gasteiger partial charge in [0.25, 0.3) is 0 Å². The fourth-order valence-electron chi connectivity index (χ4n) is 2.93. The molecule has 0 unspecified atom stereocenters. The molecule has 4 heteroatoms. The zero-order valence-electron chi connectivity index (χ0n) is 11.8. The number of fused-ring (bicyclic) bond motifs is 1. The second-order valence-electron chi connectivity index (χ2n) is 5.34. The summed E-state index contributed by atoms with van der Waals surface area (Å²) in [6.07, 6.45) is 1.89. The molecule has 4 rings (SSSR count). The van der Waals surface area contributed by atoms with Crippen LogP contribution >= 0.6 is 0 Å². The van der Waals surface area contributed by atoms with Crippen LogP contribution < -0.4 is 10.2 Å². The summed E-state index contributed by atoms with van der Waals surface area (Å²) in [5.74, 6) is 0. The number of piperazine rings is 1. The Morgan fingerprint density at radius 2 is 2.05 bits per heavy atom. The molecule has 1 fully saturated rings. The van der Waals surface area contributed by atoms with Gasteiger partial charge in [-0.15, -0.1) is 0 Å². The number of aromatic nitrogens is 2. The van der Waals surface area contributed by atoms with Gasteiger partial charge in [0.15, 0.2) is 0 Å². The van der Waals surface area contributed by atoms with Gasteiger partial charge in [0.05, 0.1) is 11.7 Å². The number of hydrogen-bond acceptors (Lipinski definition) is 3. The van der Waals surface area contributed by atoms with Crippen LogP contribution in [0.1, 0.15) is 0 Å². The molecular formula is C17H17N4. The zero-order valence-corrected chi connectivity index (χ0v) is 11.8. The molecule has 0 saturated carbocycles. The quantitative estimate of drug-likeness (QED) is 0.756. The third-order valence-corrected chi connectivity index (χ3v) is 4.04. The first kappa shape index (κ1) is 12.4. The van der Waals surface area contributed by atoms with E-state index < -0.39 is 0 Å². The first-order valence-electron chi connectivity index (χ1n) is 7.32. The summed E-state index contributed by atoms with van der Waals surface area (Å²) in [6.45, 7) is 4.15. The van der Waals surface area contributed by atoms with Crippen molar-refractivity contribution in [1.29, 1.82) is 0 Å². The highest BCUT2D eigenvalue weighted by atomic mass is 15.2. The molecule has 1 saturated heterocycles. The van der Waals surface area contributed by atoms with Crippen molar-refractivity contribution < 1.29 is 0 Å². The van der Waals surface area contributed by atoms with Crippen molar-refractivity contribution in [3.63, 3.8) is 0 Å². The molecule has 0 atom stereocenters. The van der Waals surface area contributed by atoms with Gasteiger partial charge in [0, 0.05) is 43.3 Å².